The summed E-state index contributed by atoms with van der Waals surface area (Å²) in [4.78, 5) is 28.1. The van der Waals surface area contributed by atoms with Crippen molar-refractivity contribution in [3.05, 3.63) is 94.9 Å². The van der Waals surface area contributed by atoms with Crippen LogP contribution in [-0.4, -0.2) is 42.5 Å². The smallest absolute Gasteiger partial charge is 0.257 e. The number of aryl methyl sites for hydroxylation is 2. The molecule has 6 nitrogen and oxygen atoms in total. The van der Waals surface area contributed by atoms with E-state index in [9.17, 15) is 9.59 Å². The second kappa shape index (κ2) is 11.2. The molecule has 0 aliphatic carbocycles. The van der Waals surface area contributed by atoms with Crippen molar-refractivity contribution in [2.24, 2.45) is 0 Å². The van der Waals surface area contributed by atoms with Crippen molar-refractivity contribution in [3.63, 3.8) is 0 Å². The molecular weight excluding hydrogens is 428 g/mol. The molecule has 0 radical (unpaired) electrons. The standard InChI is InChI=1S/C28H32N2O4/c1-20-18-25(21(2)34-20)28(32)30(19-24-14-9-17-33-24)16-15-26(31)29-27(22-10-5-3-6-11-22)23-12-7-4-8-13-23/h3-8,10-13,18,24,27H,9,14-17,19H2,1-2H3,(H,29,31). The average molecular weight is 461 g/mol. The van der Waals surface area contributed by atoms with E-state index in [0.717, 1.165) is 24.0 Å². The monoisotopic (exact) mass is 460 g/mol. The number of carbonyl (C=O) groups is 2. The molecule has 3 aromatic rings. The van der Waals surface area contributed by atoms with Gasteiger partial charge in [-0.25, -0.2) is 0 Å². The molecule has 1 saturated heterocycles. The maximum atomic E-state index is 13.3. The molecule has 2 heterocycles. The van der Waals surface area contributed by atoms with Crippen molar-refractivity contribution in [1.29, 1.82) is 0 Å². The molecule has 2 amide bonds. The number of nitrogens with zero attached hydrogens (tertiary/aromatic N) is 1. The van der Waals surface area contributed by atoms with Gasteiger partial charge >= 0.3 is 0 Å². The minimum absolute atomic E-state index is 0.00158. The van der Waals surface area contributed by atoms with Gasteiger partial charge in [-0.15, -0.1) is 0 Å². The van der Waals surface area contributed by atoms with Crippen LogP contribution < -0.4 is 5.32 Å². The van der Waals surface area contributed by atoms with Crippen LogP contribution in [0.4, 0.5) is 0 Å². The second-order valence-corrected chi connectivity index (χ2v) is 8.79. The van der Waals surface area contributed by atoms with Crippen LogP contribution in [0.15, 0.2) is 71.1 Å². The second-order valence-electron chi connectivity index (χ2n) is 8.79. The molecule has 6 heteroatoms. The van der Waals surface area contributed by atoms with Crippen LogP contribution in [0.2, 0.25) is 0 Å². The fourth-order valence-corrected chi connectivity index (χ4v) is 4.44. The number of hydrogen-bond acceptors (Lipinski definition) is 4. The van der Waals surface area contributed by atoms with Gasteiger partial charge in [0.1, 0.15) is 11.5 Å². The van der Waals surface area contributed by atoms with E-state index in [1.54, 1.807) is 17.9 Å². The zero-order chi connectivity index (χ0) is 23.9. The maximum absolute atomic E-state index is 13.3. The van der Waals surface area contributed by atoms with Crippen LogP contribution in [0.25, 0.3) is 0 Å². The maximum Gasteiger partial charge on any atom is 0.257 e. The Morgan fingerprint density at radius 3 is 2.21 bits per heavy atom. The van der Waals surface area contributed by atoms with Crippen LogP contribution in [-0.2, 0) is 9.53 Å². The summed E-state index contributed by atoms with van der Waals surface area (Å²) in [5.41, 5.74) is 2.57. The Morgan fingerprint density at radius 1 is 1.03 bits per heavy atom. The van der Waals surface area contributed by atoms with E-state index in [1.165, 1.54) is 0 Å². The van der Waals surface area contributed by atoms with Gasteiger partial charge in [0, 0.05) is 26.1 Å². The molecular formula is C28H32N2O4. The molecule has 0 bridgehead atoms. The van der Waals surface area contributed by atoms with E-state index in [2.05, 4.69) is 5.32 Å². The molecule has 0 spiro atoms. The van der Waals surface area contributed by atoms with Crippen LogP contribution in [0.5, 0.6) is 0 Å². The van der Waals surface area contributed by atoms with Crippen molar-refractivity contribution in [1.82, 2.24) is 10.2 Å². The predicted molar refractivity (Wildman–Crippen MR) is 131 cm³/mol. The van der Waals surface area contributed by atoms with Crippen LogP contribution in [0.3, 0.4) is 0 Å². The summed E-state index contributed by atoms with van der Waals surface area (Å²) < 4.78 is 11.3. The van der Waals surface area contributed by atoms with E-state index in [0.29, 0.717) is 36.8 Å². The molecule has 1 N–H and O–H groups in total. The lowest BCUT2D eigenvalue weighted by atomic mass is 9.98. The summed E-state index contributed by atoms with van der Waals surface area (Å²) in [5.74, 6) is 1.06. The summed E-state index contributed by atoms with van der Waals surface area (Å²) in [7, 11) is 0. The molecule has 4 rings (SSSR count). The zero-order valence-corrected chi connectivity index (χ0v) is 19.8. The number of ether oxygens (including phenoxy) is 1. The molecule has 0 saturated carbocycles. The van der Waals surface area contributed by atoms with Gasteiger partial charge < -0.3 is 19.4 Å². The van der Waals surface area contributed by atoms with E-state index in [4.69, 9.17) is 9.15 Å². The SMILES string of the molecule is Cc1cc(C(=O)N(CCC(=O)NC(c2ccccc2)c2ccccc2)CC2CCCO2)c(C)o1. The Bertz CT molecular complexity index is 1050. The van der Waals surface area contributed by atoms with Crippen LogP contribution >= 0.6 is 0 Å². The largest absolute Gasteiger partial charge is 0.466 e. The predicted octanol–water partition coefficient (Wildman–Crippen LogP) is 4.81. The number of amides is 2. The van der Waals surface area contributed by atoms with Crippen molar-refractivity contribution >= 4 is 11.8 Å². The Kier molecular flexibility index (Phi) is 7.80. The lowest BCUT2D eigenvalue weighted by Crippen LogP contribution is -2.40. The van der Waals surface area contributed by atoms with Gasteiger partial charge in [0.2, 0.25) is 5.91 Å². The molecule has 1 unspecified atom stereocenters. The van der Waals surface area contributed by atoms with E-state index < -0.39 is 0 Å². The van der Waals surface area contributed by atoms with Gasteiger partial charge in [-0.05, 0) is 43.9 Å². The number of carbonyl (C=O) groups excluding carboxylic acids is 2. The lowest BCUT2D eigenvalue weighted by Gasteiger charge is -2.26. The highest BCUT2D eigenvalue weighted by Crippen LogP contribution is 2.23. The minimum atomic E-state index is -0.254. The number of furan rings is 1. The highest BCUT2D eigenvalue weighted by atomic mass is 16.5. The Balaban J connectivity index is 1.46. The summed E-state index contributed by atoms with van der Waals surface area (Å²) in [5, 5.41) is 3.17. The molecule has 1 fully saturated rings. The van der Waals surface area contributed by atoms with E-state index in [1.807, 2.05) is 67.6 Å². The Morgan fingerprint density at radius 2 is 1.68 bits per heavy atom. The lowest BCUT2D eigenvalue weighted by molar-refractivity contribution is -0.121. The summed E-state index contributed by atoms with van der Waals surface area (Å²) >= 11 is 0. The molecule has 1 atom stereocenters. The quantitative estimate of drug-likeness (QED) is 0.497. The van der Waals surface area contributed by atoms with E-state index in [-0.39, 0.29) is 30.4 Å². The highest BCUT2D eigenvalue weighted by molar-refractivity contribution is 5.95. The van der Waals surface area contributed by atoms with Gasteiger partial charge in [-0.3, -0.25) is 9.59 Å². The fraction of sp³-hybridized carbons (Fsp3) is 0.357. The topological polar surface area (TPSA) is 71.8 Å². The van der Waals surface area contributed by atoms with Crippen molar-refractivity contribution < 1.29 is 18.7 Å². The van der Waals surface area contributed by atoms with E-state index >= 15 is 0 Å². The van der Waals surface area contributed by atoms with Crippen molar-refractivity contribution in [2.75, 3.05) is 19.7 Å². The average Bonchev–Trinajstić information content (AvgIpc) is 3.49. The molecule has 1 aromatic heterocycles. The first-order chi connectivity index (χ1) is 16.5. The van der Waals surface area contributed by atoms with Crippen molar-refractivity contribution in [2.45, 2.75) is 45.3 Å². The normalized spacial score (nSPS) is 15.4. The van der Waals surface area contributed by atoms with Gasteiger partial charge in [0.15, 0.2) is 0 Å². The third-order valence-electron chi connectivity index (χ3n) is 6.19. The Hall–Kier alpha value is -3.38. The van der Waals surface area contributed by atoms with Gasteiger partial charge in [-0.2, -0.15) is 0 Å². The highest BCUT2D eigenvalue weighted by Gasteiger charge is 2.26. The van der Waals surface area contributed by atoms with Gasteiger partial charge in [0.05, 0.1) is 17.7 Å². The van der Waals surface area contributed by atoms with Gasteiger partial charge in [0.25, 0.3) is 5.91 Å². The van der Waals surface area contributed by atoms with Crippen molar-refractivity contribution in [3.8, 4) is 0 Å². The Labute approximate surface area is 200 Å². The van der Waals surface area contributed by atoms with Gasteiger partial charge in [-0.1, -0.05) is 60.7 Å². The number of benzene rings is 2. The summed E-state index contributed by atoms with van der Waals surface area (Å²) in [6, 6.07) is 21.3. The molecule has 1 aliphatic rings. The summed E-state index contributed by atoms with van der Waals surface area (Å²) in [6.07, 6.45) is 2.11. The van der Waals surface area contributed by atoms with Crippen LogP contribution in [0.1, 0.15) is 58.3 Å². The zero-order valence-electron chi connectivity index (χ0n) is 19.8. The third kappa shape index (κ3) is 5.94. The first-order valence-corrected chi connectivity index (χ1v) is 11.9. The molecule has 34 heavy (non-hydrogen) atoms. The number of nitrogens with one attached hydrogen (secondary N) is 1. The van der Waals surface area contributed by atoms with Crippen LogP contribution in [0, 0.1) is 13.8 Å². The fourth-order valence-electron chi connectivity index (χ4n) is 4.44. The minimum Gasteiger partial charge on any atom is -0.466 e. The summed E-state index contributed by atoms with van der Waals surface area (Å²) in [6.45, 7) is 5.12. The first-order valence-electron chi connectivity index (χ1n) is 11.9. The third-order valence-corrected chi connectivity index (χ3v) is 6.19. The number of rotatable bonds is 9. The first kappa shape index (κ1) is 23.8. The molecule has 2 aromatic carbocycles. The molecule has 178 valence electrons. The number of hydrogen-bond donors (Lipinski definition) is 1. The molecule has 1 aliphatic heterocycles.